The summed E-state index contributed by atoms with van der Waals surface area (Å²) in [6.07, 6.45) is 0. The monoisotopic (exact) mass is 906 g/mol. The average Bonchev–Trinajstić information content (AvgIpc) is 2.29. The van der Waals surface area contributed by atoms with Crippen LogP contribution in [0.1, 0.15) is 0 Å². The molecule has 0 saturated heterocycles. The van der Waals surface area contributed by atoms with Gasteiger partial charge < -0.3 is 41.2 Å². The predicted octanol–water partition coefficient (Wildman–Crippen LogP) is 8.63. The van der Waals surface area contributed by atoms with Crippen LogP contribution in [0.25, 0.3) is 0 Å². The van der Waals surface area contributed by atoms with E-state index >= 15 is 0 Å². The summed E-state index contributed by atoms with van der Waals surface area (Å²) in [5, 5.41) is 0. The molecule has 1 aromatic carbocycles. The zero-order chi connectivity index (χ0) is 16.6. The Balaban J connectivity index is -0.0000000450. The molecule has 1 aromatic rings. The van der Waals surface area contributed by atoms with E-state index in [2.05, 4.69) is 0 Å². The van der Waals surface area contributed by atoms with E-state index in [1.165, 1.54) is 0 Å². The van der Waals surface area contributed by atoms with Crippen molar-refractivity contribution in [2.45, 2.75) is 0 Å². The van der Waals surface area contributed by atoms with Crippen LogP contribution in [-0.2, 0) is 40.0 Å². The van der Waals surface area contributed by atoms with Crippen LogP contribution < -0.4 is 0 Å². The van der Waals surface area contributed by atoms with Crippen LogP contribution in [0.2, 0.25) is 0 Å². The van der Waals surface area contributed by atoms with Gasteiger partial charge in [-0.15, -0.1) is 0 Å². The summed E-state index contributed by atoms with van der Waals surface area (Å²) in [5.74, 6) is 0. The van der Waals surface area contributed by atoms with Crippen molar-refractivity contribution in [2.75, 3.05) is 0 Å². The van der Waals surface area contributed by atoms with Crippen molar-refractivity contribution >= 4 is 53.8 Å². The first-order valence-corrected chi connectivity index (χ1v) is 15.7. The Labute approximate surface area is 180 Å². The molecule has 0 heterocycles. The van der Waals surface area contributed by atoms with E-state index in [1.807, 2.05) is 30.3 Å². The molecule has 23 heavy (non-hydrogen) atoms. The Kier molecular flexibility index (Phi) is 55.5. The molecule has 1 rings (SSSR count). The van der Waals surface area contributed by atoms with Crippen molar-refractivity contribution in [3.05, 3.63) is 62.1 Å². The Morgan fingerprint density at radius 2 is 1.00 bits per heavy atom. The van der Waals surface area contributed by atoms with Crippen LogP contribution in [-0.4, -0.2) is 0 Å². The molecule has 0 unspecified atom stereocenters. The van der Waals surface area contributed by atoms with Gasteiger partial charge in [0.15, 0.2) is 13.4 Å². The van der Waals surface area contributed by atoms with Crippen LogP contribution in [0, 0.1) is 31.8 Å². The van der Waals surface area contributed by atoms with Crippen molar-refractivity contribution in [1.82, 2.24) is 0 Å². The second kappa shape index (κ2) is 31.9. The quantitative estimate of drug-likeness (QED) is 0.115. The van der Waals surface area contributed by atoms with Crippen LogP contribution in [0.4, 0.5) is 26.3 Å². The van der Waals surface area contributed by atoms with Gasteiger partial charge in [0.1, 0.15) is 0 Å². The summed E-state index contributed by atoms with van der Waals surface area (Å²) in [6, 6.07) is 9.78. The van der Waals surface area contributed by atoms with Gasteiger partial charge in [-0.05, 0) is 0 Å². The van der Waals surface area contributed by atoms with Crippen LogP contribution in [0.3, 0.4) is 0 Å². The van der Waals surface area contributed by atoms with Crippen molar-refractivity contribution < 1.29 is 66.3 Å². The minimum absolute atomic E-state index is 0. The third kappa shape index (κ3) is 59.2. The first-order chi connectivity index (χ1) is 9.18. The molecule has 0 saturated carbocycles. The van der Waals surface area contributed by atoms with Gasteiger partial charge in [-0.2, -0.15) is 0 Å². The molecule has 0 aliphatic heterocycles. The van der Waals surface area contributed by atoms with E-state index in [1.54, 1.807) is 0 Å². The summed E-state index contributed by atoms with van der Waals surface area (Å²) < 4.78 is 58.6. The Morgan fingerprint density at radius 3 is 1.13 bits per heavy atom. The summed E-state index contributed by atoms with van der Waals surface area (Å²) in [6.45, 7) is -6.17. The van der Waals surface area contributed by atoms with Crippen molar-refractivity contribution in [1.29, 1.82) is 0 Å². The van der Waals surface area contributed by atoms with E-state index in [9.17, 15) is 26.3 Å². The molecule has 1 radical (unpaired) electrons. The first-order valence-electron chi connectivity index (χ1n) is 3.75. The topological polar surface area (TPSA) is 0 Å². The fourth-order valence-electron chi connectivity index (χ4n) is 0.510. The zero-order valence-electron chi connectivity index (χ0n) is 11.1. The Bertz CT molecular complexity index is 278. The Morgan fingerprint density at radius 1 is 0.783 bits per heavy atom. The molecule has 0 bridgehead atoms. The SMILES string of the molecule is ClI(Cl)c1ccccc1.F[C-](F)F.F[C-](F)F.[Au].[CH3-].[CH3-].[Cl][Au-][Cl]. The fraction of sp³-hybridized carbons (Fsp3) is 0. The maximum atomic E-state index is 9.58. The van der Waals surface area contributed by atoms with Crippen molar-refractivity contribution in [3.8, 4) is 0 Å². The summed E-state index contributed by atoms with van der Waals surface area (Å²) >= 11 is -2.13. The molecule has 0 amide bonds. The molecule has 0 aliphatic rings. The van der Waals surface area contributed by atoms with Crippen LogP contribution in [0.5, 0.6) is 0 Å². The van der Waals surface area contributed by atoms with Crippen molar-refractivity contribution in [3.63, 3.8) is 0 Å². The van der Waals surface area contributed by atoms with E-state index in [0.29, 0.717) is 0 Å². The number of rotatable bonds is 1. The minimum atomic E-state index is -3.08. The van der Waals surface area contributed by atoms with Gasteiger partial charge >= 0.3 is 105 Å². The van der Waals surface area contributed by atoms with E-state index in [4.69, 9.17) is 36.2 Å². The molecule has 0 aliphatic carbocycles. The number of halogens is 11. The summed E-state index contributed by atoms with van der Waals surface area (Å²) in [7, 11) is 21.2. The third-order valence-corrected chi connectivity index (χ3v) is 4.77. The normalized spacial score (nSPS) is 8.43. The first kappa shape index (κ1) is 40.0. The van der Waals surface area contributed by atoms with E-state index < -0.39 is 30.9 Å². The molecule has 0 aromatic heterocycles. The standard InChI is InChI=1S/C6H5Cl2I.2CF3.2CH3.2Au.2ClH/c7-9(8)6-4-2-1-3-5-6;2*2-1(3)4;;;;;;/h1-5H;;;2*1H3;;;2*1H/q;4*-1;;+1;;/p-2. The van der Waals surface area contributed by atoms with Crippen molar-refractivity contribution in [2.24, 2.45) is 0 Å². The van der Waals surface area contributed by atoms with Crippen LogP contribution >= 0.6 is 53.8 Å². The molecule has 0 atom stereocenters. The van der Waals surface area contributed by atoms with Crippen LogP contribution in [0.15, 0.2) is 30.3 Å². The van der Waals surface area contributed by atoms with Gasteiger partial charge in [0.25, 0.3) is 0 Å². The van der Waals surface area contributed by atoms with Gasteiger partial charge in [-0.3, -0.25) is 0 Å². The molecule has 0 N–H and O–H groups in total. The molecule has 155 valence electrons. The maximum absolute atomic E-state index is 9.58. The summed E-state index contributed by atoms with van der Waals surface area (Å²) in [4.78, 5) is 0. The molecule has 0 fully saturated rings. The molecular weight excluding hydrogens is 897 g/mol. The molecule has 0 spiro atoms. The van der Waals surface area contributed by atoms with Gasteiger partial charge in [-0.1, -0.05) is 0 Å². The van der Waals surface area contributed by atoms with Gasteiger partial charge in [0, 0.05) is 22.4 Å². The van der Waals surface area contributed by atoms with Gasteiger partial charge in [0.2, 0.25) is 0 Å². The number of hydrogen-bond donors (Lipinski definition) is 0. The number of hydrogen-bond acceptors (Lipinski definition) is 0. The molecule has 0 nitrogen and oxygen atoms in total. The van der Waals surface area contributed by atoms with Gasteiger partial charge in [0.05, 0.1) is 0 Å². The molecule has 13 heteroatoms. The average molecular weight is 908 g/mol. The van der Waals surface area contributed by atoms with E-state index in [-0.39, 0.29) is 54.8 Å². The second-order valence-corrected chi connectivity index (χ2v) is 12.3. The Hall–Kier alpha value is 2.17. The predicted molar refractivity (Wildman–Crippen MR) is 88.5 cm³/mol. The third-order valence-electron chi connectivity index (χ3n) is 0.898. The summed E-state index contributed by atoms with van der Waals surface area (Å²) in [5.41, 5.74) is 0. The number of benzene rings is 1. The van der Waals surface area contributed by atoms with Gasteiger partial charge in [-0.25, -0.2) is 0 Å². The fourth-order valence-corrected chi connectivity index (χ4v) is 2.75. The molecular formula is C10H11Au2Cl4F6I-5. The van der Waals surface area contributed by atoms with E-state index in [0.717, 1.165) is 3.57 Å². The second-order valence-electron chi connectivity index (χ2n) is 1.96. The zero-order valence-corrected chi connectivity index (χ0v) is 20.7.